The number of methoxy groups -OCH3 is 1. The average Bonchev–Trinajstić information content (AvgIpc) is 3.04. The molecule has 4 nitrogen and oxygen atoms in total. The molecule has 27 heavy (non-hydrogen) atoms. The highest BCUT2D eigenvalue weighted by Gasteiger charge is 2.27. The molecule has 0 radical (unpaired) electrons. The second kappa shape index (κ2) is 7.52. The first kappa shape index (κ1) is 18.3. The number of amides is 1. The molecule has 1 aromatic heterocycles. The molecule has 0 bridgehead atoms. The minimum atomic E-state index is -0.460. The van der Waals surface area contributed by atoms with Crippen LogP contribution in [0, 0.1) is 5.92 Å². The minimum Gasteiger partial charge on any atom is -0.465 e. The van der Waals surface area contributed by atoms with Gasteiger partial charge in [-0.05, 0) is 54.5 Å². The molecule has 1 amide bonds. The number of carbonyl (C=O) groups excluding carboxylic acids is 2. The van der Waals surface area contributed by atoms with Crippen LogP contribution < -0.4 is 5.32 Å². The lowest BCUT2D eigenvalue weighted by molar-refractivity contribution is -0.112. The van der Waals surface area contributed by atoms with Crippen LogP contribution in [0.3, 0.4) is 0 Å². The first-order chi connectivity index (χ1) is 13.1. The summed E-state index contributed by atoms with van der Waals surface area (Å²) in [7, 11) is 1.33. The Hall–Kier alpha value is -2.05. The molecule has 2 aliphatic rings. The third-order valence-corrected chi connectivity index (χ3v) is 7.38. The summed E-state index contributed by atoms with van der Waals surface area (Å²) in [6.07, 6.45) is 5.57. The van der Waals surface area contributed by atoms with E-state index in [0.29, 0.717) is 16.2 Å². The van der Waals surface area contributed by atoms with Gasteiger partial charge in [0.15, 0.2) is 0 Å². The molecule has 1 atom stereocenters. The summed E-state index contributed by atoms with van der Waals surface area (Å²) in [6.45, 7) is 2.31. The molecular formula is C21H21NO3S2. The number of carbonyl (C=O) groups is 2. The fourth-order valence-corrected chi connectivity index (χ4v) is 6.27. The van der Waals surface area contributed by atoms with Crippen LogP contribution >= 0.6 is 23.1 Å². The Morgan fingerprint density at radius 2 is 2.04 bits per heavy atom. The van der Waals surface area contributed by atoms with Crippen molar-refractivity contribution in [3.63, 3.8) is 0 Å². The summed E-state index contributed by atoms with van der Waals surface area (Å²) in [4.78, 5) is 28.1. The Morgan fingerprint density at radius 1 is 1.22 bits per heavy atom. The lowest BCUT2D eigenvalue weighted by atomic mass is 9.88. The van der Waals surface area contributed by atoms with Gasteiger partial charge in [0.05, 0.1) is 23.3 Å². The zero-order valence-corrected chi connectivity index (χ0v) is 17.0. The van der Waals surface area contributed by atoms with Crippen molar-refractivity contribution in [2.24, 2.45) is 5.92 Å². The minimum absolute atomic E-state index is 0.179. The predicted octanol–water partition coefficient (Wildman–Crippen LogP) is 4.89. The number of fused-ring (bicyclic) bond motifs is 3. The smallest absolute Gasteiger partial charge is 0.339 e. The van der Waals surface area contributed by atoms with E-state index in [4.69, 9.17) is 4.74 Å². The topological polar surface area (TPSA) is 55.4 Å². The average molecular weight is 400 g/mol. The number of esters is 1. The van der Waals surface area contributed by atoms with Crippen molar-refractivity contribution in [1.29, 1.82) is 0 Å². The number of nitrogens with one attached hydrogen (secondary N) is 1. The summed E-state index contributed by atoms with van der Waals surface area (Å²) in [5.74, 6) is 0.945. The second-order valence-corrected chi connectivity index (χ2v) is 9.14. The van der Waals surface area contributed by atoms with Gasteiger partial charge in [0.2, 0.25) is 0 Å². The van der Waals surface area contributed by atoms with Crippen LogP contribution in [0.15, 0.2) is 29.2 Å². The van der Waals surface area contributed by atoms with E-state index in [1.54, 1.807) is 36.0 Å². The highest BCUT2D eigenvalue weighted by molar-refractivity contribution is 8.03. The molecule has 2 heterocycles. The SMILES string of the molecule is COC(=O)c1ccccc1NC(=O)C1=Cc2sc3c(c2CS1)CCC(C)C3. The Bertz CT molecular complexity index is 945. The molecule has 1 aromatic carbocycles. The number of hydrogen-bond acceptors (Lipinski definition) is 5. The van der Waals surface area contributed by atoms with Crippen molar-refractivity contribution in [3.05, 3.63) is 55.6 Å². The number of para-hydroxylation sites is 1. The first-order valence-corrected chi connectivity index (χ1v) is 10.8. The van der Waals surface area contributed by atoms with E-state index in [1.165, 1.54) is 34.4 Å². The monoisotopic (exact) mass is 399 g/mol. The molecule has 0 spiro atoms. The number of thioether (sulfide) groups is 1. The lowest BCUT2D eigenvalue weighted by Gasteiger charge is -2.20. The third kappa shape index (κ3) is 3.56. The van der Waals surface area contributed by atoms with Gasteiger partial charge >= 0.3 is 5.97 Å². The Kier molecular flexibility index (Phi) is 5.10. The van der Waals surface area contributed by atoms with Crippen LogP contribution in [0.25, 0.3) is 6.08 Å². The maximum absolute atomic E-state index is 12.8. The number of ether oxygens (including phenoxy) is 1. The summed E-state index contributed by atoms with van der Waals surface area (Å²) in [5, 5.41) is 2.87. The summed E-state index contributed by atoms with van der Waals surface area (Å²) in [6, 6.07) is 6.91. The molecule has 0 saturated heterocycles. The Morgan fingerprint density at radius 3 is 2.85 bits per heavy atom. The highest BCUT2D eigenvalue weighted by atomic mass is 32.2. The van der Waals surface area contributed by atoms with Gasteiger partial charge in [-0.25, -0.2) is 4.79 Å². The summed E-state index contributed by atoms with van der Waals surface area (Å²) >= 11 is 3.41. The fraction of sp³-hybridized carbons (Fsp3) is 0.333. The summed E-state index contributed by atoms with van der Waals surface area (Å²) < 4.78 is 4.80. The van der Waals surface area contributed by atoms with E-state index in [1.807, 2.05) is 17.4 Å². The van der Waals surface area contributed by atoms with Crippen LogP contribution in [0.2, 0.25) is 0 Å². The second-order valence-electron chi connectivity index (χ2n) is 6.98. The van der Waals surface area contributed by atoms with Crippen molar-refractivity contribution in [1.82, 2.24) is 0 Å². The van der Waals surface area contributed by atoms with E-state index in [0.717, 1.165) is 24.5 Å². The molecule has 0 fully saturated rings. The maximum Gasteiger partial charge on any atom is 0.339 e. The van der Waals surface area contributed by atoms with E-state index in [9.17, 15) is 9.59 Å². The standard InChI is InChI=1S/C21H21NO3S2/c1-12-7-8-13-15-11-26-19(10-18(15)27-17(13)9-12)20(23)22-16-6-4-3-5-14(16)21(24)25-2/h3-6,10,12H,7-9,11H2,1-2H3,(H,22,23). The predicted molar refractivity (Wildman–Crippen MR) is 111 cm³/mol. The van der Waals surface area contributed by atoms with Crippen LogP contribution in [0.4, 0.5) is 5.69 Å². The fourth-order valence-electron chi connectivity index (χ4n) is 3.62. The number of anilines is 1. The number of thiophene rings is 1. The Labute approximate surface area is 167 Å². The molecular weight excluding hydrogens is 378 g/mol. The van der Waals surface area contributed by atoms with E-state index in [2.05, 4.69) is 12.2 Å². The van der Waals surface area contributed by atoms with Gasteiger partial charge in [0.25, 0.3) is 5.91 Å². The van der Waals surface area contributed by atoms with Crippen molar-refractivity contribution in [2.45, 2.75) is 31.9 Å². The van der Waals surface area contributed by atoms with Gasteiger partial charge < -0.3 is 10.1 Å². The number of benzene rings is 1. The van der Waals surface area contributed by atoms with E-state index >= 15 is 0 Å². The van der Waals surface area contributed by atoms with Gasteiger partial charge in [-0.15, -0.1) is 23.1 Å². The maximum atomic E-state index is 12.8. The van der Waals surface area contributed by atoms with Crippen molar-refractivity contribution in [3.8, 4) is 0 Å². The molecule has 1 N–H and O–H groups in total. The Balaban J connectivity index is 1.58. The van der Waals surface area contributed by atoms with Crippen molar-refractivity contribution in [2.75, 3.05) is 12.4 Å². The van der Waals surface area contributed by atoms with Gasteiger partial charge in [-0.2, -0.15) is 0 Å². The number of hydrogen-bond donors (Lipinski definition) is 1. The van der Waals surface area contributed by atoms with Crippen LogP contribution in [0.1, 0.15) is 44.6 Å². The van der Waals surface area contributed by atoms with Gasteiger partial charge in [-0.1, -0.05) is 19.1 Å². The van der Waals surface area contributed by atoms with Gasteiger partial charge in [0.1, 0.15) is 0 Å². The first-order valence-electron chi connectivity index (χ1n) is 9.03. The van der Waals surface area contributed by atoms with E-state index in [-0.39, 0.29) is 5.91 Å². The zero-order valence-electron chi connectivity index (χ0n) is 15.3. The largest absolute Gasteiger partial charge is 0.465 e. The normalized spacial score (nSPS) is 18.1. The van der Waals surface area contributed by atoms with Crippen molar-refractivity contribution < 1.29 is 14.3 Å². The quantitative estimate of drug-likeness (QED) is 0.747. The van der Waals surface area contributed by atoms with E-state index < -0.39 is 5.97 Å². The van der Waals surface area contributed by atoms with Crippen LogP contribution in [-0.2, 0) is 28.1 Å². The highest BCUT2D eigenvalue weighted by Crippen LogP contribution is 2.43. The van der Waals surface area contributed by atoms with Crippen LogP contribution in [0.5, 0.6) is 0 Å². The number of rotatable bonds is 3. The zero-order chi connectivity index (χ0) is 19.0. The van der Waals surface area contributed by atoms with Crippen LogP contribution in [-0.4, -0.2) is 19.0 Å². The molecule has 0 saturated carbocycles. The third-order valence-electron chi connectivity index (χ3n) is 5.09. The lowest BCUT2D eigenvalue weighted by Crippen LogP contribution is -2.17. The summed E-state index contributed by atoms with van der Waals surface area (Å²) in [5.41, 5.74) is 3.77. The molecule has 1 aliphatic heterocycles. The molecule has 140 valence electrons. The molecule has 1 aliphatic carbocycles. The molecule has 6 heteroatoms. The van der Waals surface area contributed by atoms with Gasteiger partial charge in [0, 0.05) is 15.5 Å². The molecule has 2 aromatic rings. The van der Waals surface area contributed by atoms with Crippen molar-refractivity contribution >= 4 is 46.7 Å². The molecule has 1 unspecified atom stereocenters. The molecule has 4 rings (SSSR count). The van der Waals surface area contributed by atoms with Gasteiger partial charge in [-0.3, -0.25) is 4.79 Å².